The Kier molecular flexibility index (Phi) is 8.03. The molecule has 7 heteroatoms. The Morgan fingerprint density at radius 2 is 1.65 bits per heavy atom. The van der Waals surface area contributed by atoms with Crippen molar-refractivity contribution in [2.75, 3.05) is 18.4 Å². The molecule has 0 saturated carbocycles. The second kappa shape index (κ2) is 11.1. The third-order valence-electron chi connectivity index (χ3n) is 5.41. The lowest BCUT2D eigenvalue weighted by Gasteiger charge is -2.15. The van der Waals surface area contributed by atoms with Gasteiger partial charge in [0.15, 0.2) is 0 Å². The van der Waals surface area contributed by atoms with Gasteiger partial charge in [-0.15, -0.1) is 0 Å². The van der Waals surface area contributed by atoms with E-state index >= 15 is 0 Å². The number of hydrogen-bond acceptors (Lipinski definition) is 4. The van der Waals surface area contributed by atoms with Gasteiger partial charge in [-0.2, -0.15) is 0 Å². The molecule has 0 heterocycles. The number of carbonyl (C=O) groups excluding carboxylic acids is 1. The molecule has 0 atom stereocenters. The zero-order valence-corrected chi connectivity index (χ0v) is 19.4. The minimum Gasteiger partial charge on any atom is -0.478 e. The predicted octanol–water partition coefficient (Wildman–Crippen LogP) is 4.38. The van der Waals surface area contributed by atoms with Gasteiger partial charge in [-0.25, -0.2) is 4.79 Å². The fourth-order valence-electron chi connectivity index (χ4n) is 3.61. The quantitative estimate of drug-likeness (QED) is 0.228. The molecule has 6 N–H and O–H groups in total. The minimum absolute atomic E-state index is 0.0260. The summed E-state index contributed by atoms with van der Waals surface area (Å²) >= 11 is 0. The zero-order valence-electron chi connectivity index (χ0n) is 19.4. The first-order valence-corrected chi connectivity index (χ1v) is 11.2. The fourth-order valence-corrected chi connectivity index (χ4v) is 3.61. The number of amidine groups is 1. The third-order valence-corrected chi connectivity index (χ3v) is 5.41. The van der Waals surface area contributed by atoms with Crippen LogP contribution < -0.4 is 16.4 Å². The highest BCUT2D eigenvalue weighted by Gasteiger charge is 2.17. The molecule has 0 saturated heterocycles. The van der Waals surface area contributed by atoms with Crippen molar-refractivity contribution >= 4 is 23.4 Å². The lowest BCUT2D eigenvalue weighted by atomic mass is 9.92. The van der Waals surface area contributed by atoms with Gasteiger partial charge in [0.25, 0.3) is 5.91 Å². The van der Waals surface area contributed by atoms with Gasteiger partial charge in [0, 0.05) is 29.9 Å². The molecule has 3 aromatic rings. The number of nitrogens with one attached hydrogen (secondary N) is 3. The normalized spacial score (nSPS) is 10.7. The van der Waals surface area contributed by atoms with Crippen LogP contribution in [0, 0.1) is 11.3 Å². The maximum Gasteiger partial charge on any atom is 0.336 e. The Morgan fingerprint density at radius 1 is 0.971 bits per heavy atom. The summed E-state index contributed by atoms with van der Waals surface area (Å²) in [5, 5.41) is 23.5. The first kappa shape index (κ1) is 24.5. The number of aromatic carboxylic acids is 1. The molecule has 176 valence electrons. The molecule has 0 aromatic heterocycles. The van der Waals surface area contributed by atoms with Crippen LogP contribution in [0.15, 0.2) is 66.7 Å². The Balaban J connectivity index is 1.80. The highest BCUT2D eigenvalue weighted by molar-refractivity contribution is 6.01. The number of nitrogens with two attached hydrogens (primary N) is 1. The average Bonchev–Trinajstić information content (AvgIpc) is 2.82. The molecule has 0 fully saturated rings. The van der Waals surface area contributed by atoms with Crippen LogP contribution in [0.2, 0.25) is 0 Å². The number of benzene rings is 3. The fraction of sp³-hybridized carbons (Fsp3) is 0.222. The molecular formula is C27H30N4O3. The molecule has 0 aliphatic rings. The van der Waals surface area contributed by atoms with Crippen molar-refractivity contribution in [1.29, 1.82) is 5.41 Å². The number of hydrogen-bond donors (Lipinski definition) is 5. The van der Waals surface area contributed by atoms with Crippen LogP contribution >= 0.6 is 0 Å². The monoisotopic (exact) mass is 458 g/mol. The van der Waals surface area contributed by atoms with Crippen LogP contribution in [0.1, 0.15) is 45.7 Å². The van der Waals surface area contributed by atoms with Crippen LogP contribution in [-0.4, -0.2) is 35.9 Å². The molecule has 0 spiro atoms. The van der Waals surface area contributed by atoms with Gasteiger partial charge in [0.2, 0.25) is 0 Å². The SMILES string of the molecule is CC(C)CNC(=O)c1ccc(-c2ccccc2CCNc2ccc(C(=N)N)cc2)c(C(=O)O)c1. The number of anilines is 1. The molecule has 0 aliphatic heterocycles. The van der Waals surface area contributed by atoms with Crippen molar-refractivity contribution in [1.82, 2.24) is 5.32 Å². The van der Waals surface area contributed by atoms with Crippen LogP contribution in [0.3, 0.4) is 0 Å². The molecule has 0 radical (unpaired) electrons. The number of carboxylic acid groups (broad SMARTS) is 1. The topological polar surface area (TPSA) is 128 Å². The molecule has 0 aliphatic carbocycles. The second-order valence-electron chi connectivity index (χ2n) is 8.49. The van der Waals surface area contributed by atoms with Gasteiger partial charge in [-0.1, -0.05) is 44.2 Å². The summed E-state index contributed by atoms with van der Waals surface area (Å²) < 4.78 is 0. The summed E-state index contributed by atoms with van der Waals surface area (Å²) in [4.78, 5) is 24.5. The van der Waals surface area contributed by atoms with Gasteiger partial charge in [0.05, 0.1) is 5.56 Å². The molecular weight excluding hydrogens is 428 g/mol. The zero-order chi connectivity index (χ0) is 24.7. The Morgan fingerprint density at radius 3 is 2.29 bits per heavy atom. The minimum atomic E-state index is -1.08. The largest absolute Gasteiger partial charge is 0.478 e. The van der Waals surface area contributed by atoms with Crippen molar-refractivity contribution < 1.29 is 14.7 Å². The first-order chi connectivity index (χ1) is 16.3. The van der Waals surface area contributed by atoms with Gasteiger partial charge in [-0.05, 0) is 65.4 Å². The van der Waals surface area contributed by atoms with E-state index < -0.39 is 5.97 Å². The molecule has 0 bridgehead atoms. The lowest BCUT2D eigenvalue weighted by molar-refractivity contribution is 0.0697. The van der Waals surface area contributed by atoms with E-state index in [9.17, 15) is 14.7 Å². The van der Waals surface area contributed by atoms with Crippen molar-refractivity contribution in [3.63, 3.8) is 0 Å². The van der Waals surface area contributed by atoms with Gasteiger partial charge in [-0.3, -0.25) is 10.2 Å². The van der Waals surface area contributed by atoms with E-state index in [1.165, 1.54) is 6.07 Å². The summed E-state index contributed by atoms with van der Waals surface area (Å²) in [6, 6.07) is 19.8. The highest BCUT2D eigenvalue weighted by atomic mass is 16.4. The van der Waals surface area contributed by atoms with E-state index in [0.29, 0.717) is 42.1 Å². The van der Waals surface area contributed by atoms with Crippen molar-refractivity contribution in [3.8, 4) is 11.1 Å². The number of carbonyl (C=O) groups is 2. The second-order valence-corrected chi connectivity index (χ2v) is 8.49. The Bertz CT molecular complexity index is 1190. The van der Waals surface area contributed by atoms with E-state index in [0.717, 1.165) is 16.8 Å². The third kappa shape index (κ3) is 6.22. The van der Waals surface area contributed by atoms with Crippen molar-refractivity contribution in [2.24, 2.45) is 11.7 Å². The summed E-state index contributed by atoms with van der Waals surface area (Å²) in [6.07, 6.45) is 0.667. The molecule has 3 aromatic carbocycles. The predicted molar refractivity (Wildman–Crippen MR) is 136 cm³/mol. The van der Waals surface area contributed by atoms with Gasteiger partial charge >= 0.3 is 5.97 Å². The standard InChI is InChI=1S/C27H30N4O3/c1-17(2)16-31-26(32)20-9-12-23(24(15-20)27(33)34)22-6-4-3-5-18(22)13-14-30-21-10-7-19(8-11-21)25(28)29/h3-12,15,17,30H,13-14,16H2,1-2H3,(H3,28,29)(H,31,32)(H,33,34). The maximum atomic E-state index is 12.4. The van der Waals surface area contributed by atoms with Crippen molar-refractivity contribution in [2.45, 2.75) is 20.3 Å². The van der Waals surface area contributed by atoms with Crippen LogP contribution in [0.25, 0.3) is 11.1 Å². The van der Waals surface area contributed by atoms with Gasteiger partial charge < -0.3 is 21.5 Å². The van der Waals surface area contributed by atoms with Crippen LogP contribution in [-0.2, 0) is 6.42 Å². The van der Waals surface area contributed by atoms with Gasteiger partial charge in [0.1, 0.15) is 5.84 Å². The summed E-state index contributed by atoms with van der Waals surface area (Å²) in [7, 11) is 0. The Hall–Kier alpha value is -4.13. The smallest absolute Gasteiger partial charge is 0.336 e. The number of carboxylic acids is 1. The van der Waals surface area contributed by atoms with Crippen LogP contribution in [0.5, 0.6) is 0 Å². The van der Waals surface area contributed by atoms with E-state index in [1.807, 2.05) is 50.2 Å². The highest BCUT2D eigenvalue weighted by Crippen LogP contribution is 2.29. The molecule has 0 unspecified atom stereocenters. The lowest BCUT2D eigenvalue weighted by Crippen LogP contribution is -2.27. The number of amides is 1. The van der Waals surface area contributed by atoms with E-state index in [4.69, 9.17) is 11.1 Å². The molecule has 7 nitrogen and oxygen atoms in total. The van der Waals surface area contributed by atoms with E-state index in [1.54, 1.807) is 24.3 Å². The molecule has 3 rings (SSSR count). The average molecular weight is 459 g/mol. The van der Waals surface area contributed by atoms with E-state index in [2.05, 4.69) is 10.6 Å². The maximum absolute atomic E-state index is 12.4. The van der Waals surface area contributed by atoms with Crippen LogP contribution in [0.4, 0.5) is 5.69 Å². The number of nitrogen functional groups attached to an aromatic ring is 1. The summed E-state index contributed by atoms with van der Waals surface area (Å²) in [5.41, 5.74) is 9.89. The molecule has 1 amide bonds. The van der Waals surface area contributed by atoms with Crippen molar-refractivity contribution in [3.05, 3.63) is 89.0 Å². The summed E-state index contributed by atoms with van der Waals surface area (Å²) in [6.45, 7) is 5.16. The first-order valence-electron chi connectivity index (χ1n) is 11.2. The molecule has 34 heavy (non-hydrogen) atoms. The Labute approximate surface area is 199 Å². The summed E-state index contributed by atoms with van der Waals surface area (Å²) in [5.74, 6) is -1.03. The number of rotatable bonds is 10. The van der Waals surface area contributed by atoms with E-state index in [-0.39, 0.29) is 17.3 Å².